The van der Waals surface area contributed by atoms with E-state index >= 15 is 0 Å². The predicted octanol–water partition coefficient (Wildman–Crippen LogP) is 2.38. The van der Waals surface area contributed by atoms with Crippen LogP contribution >= 0.6 is 11.6 Å². The van der Waals surface area contributed by atoms with Crippen molar-refractivity contribution in [2.24, 2.45) is 5.92 Å². The molecule has 7 heteroatoms. The van der Waals surface area contributed by atoms with Gasteiger partial charge in [0.1, 0.15) is 5.82 Å². The molecule has 1 unspecified atom stereocenters. The Kier molecular flexibility index (Phi) is 4.48. The molecule has 0 spiro atoms. The van der Waals surface area contributed by atoms with Gasteiger partial charge in [-0.2, -0.15) is 0 Å². The van der Waals surface area contributed by atoms with Gasteiger partial charge < -0.3 is 10.2 Å². The molecule has 1 N–H and O–H groups in total. The fourth-order valence-corrected chi connectivity index (χ4v) is 2.64. The first kappa shape index (κ1) is 14.7. The number of hydrogen-bond donors (Lipinski definition) is 1. The average Bonchev–Trinajstić information content (AvgIpc) is 2.56. The molecule has 1 atom stereocenters. The van der Waals surface area contributed by atoms with Gasteiger partial charge in [0.25, 0.3) is 0 Å². The summed E-state index contributed by atoms with van der Waals surface area (Å²) >= 11 is 5.76. The van der Waals surface area contributed by atoms with Crippen LogP contribution in [0.25, 0.3) is 0 Å². The zero-order valence-corrected chi connectivity index (χ0v) is 12.7. The summed E-state index contributed by atoms with van der Waals surface area (Å²) in [5.74, 6) is 1.23. The molecule has 1 aliphatic heterocycles. The third kappa shape index (κ3) is 3.51. The fraction of sp³-hybridized carbons (Fsp3) is 0.333. The smallest absolute Gasteiger partial charge is 0.230 e. The van der Waals surface area contributed by atoms with E-state index in [0.717, 1.165) is 25.2 Å². The van der Waals surface area contributed by atoms with E-state index < -0.39 is 0 Å². The number of carbonyl (C=O) groups is 1. The van der Waals surface area contributed by atoms with Gasteiger partial charge in [-0.1, -0.05) is 17.7 Å². The largest absolute Gasteiger partial charge is 0.354 e. The van der Waals surface area contributed by atoms with Crippen LogP contribution in [-0.4, -0.2) is 34.2 Å². The number of nitrogens with one attached hydrogen (secondary N) is 1. The van der Waals surface area contributed by atoms with Crippen LogP contribution in [0.1, 0.15) is 12.8 Å². The van der Waals surface area contributed by atoms with Crippen LogP contribution < -0.4 is 10.2 Å². The van der Waals surface area contributed by atoms with E-state index in [2.05, 4.69) is 25.4 Å². The van der Waals surface area contributed by atoms with Gasteiger partial charge in [0.05, 0.1) is 5.92 Å². The van der Waals surface area contributed by atoms with E-state index in [9.17, 15) is 4.79 Å². The summed E-state index contributed by atoms with van der Waals surface area (Å²) in [6.07, 6.45) is 3.45. The summed E-state index contributed by atoms with van der Waals surface area (Å²) in [5, 5.41) is 11.2. The quantitative estimate of drug-likeness (QED) is 0.941. The van der Waals surface area contributed by atoms with E-state index in [1.807, 2.05) is 18.2 Å². The monoisotopic (exact) mass is 317 g/mol. The SMILES string of the molecule is O=C(Nc1ccccn1)C1CCCN(c2ccc(Cl)nn2)C1. The van der Waals surface area contributed by atoms with Crippen molar-refractivity contribution in [3.63, 3.8) is 0 Å². The predicted molar refractivity (Wildman–Crippen MR) is 84.8 cm³/mol. The van der Waals surface area contributed by atoms with Crippen molar-refractivity contribution < 1.29 is 4.79 Å². The number of amides is 1. The van der Waals surface area contributed by atoms with Crippen molar-refractivity contribution in [3.05, 3.63) is 41.7 Å². The fourth-order valence-electron chi connectivity index (χ4n) is 2.54. The second-order valence-electron chi connectivity index (χ2n) is 5.20. The molecule has 2 aromatic rings. The Morgan fingerprint density at radius 3 is 2.91 bits per heavy atom. The number of hydrogen-bond acceptors (Lipinski definition) is 5. The highest BCUT2D eigenvalue weighted by atomic mass is 35.5. The maximum absolute atomic E-state index is 12.4. The molecule has 114 valence electrons. The van der Waals surface area contributed by atoms with Gasteiger partial charge in [0.2, 0.25) is 5.91 Å². The molecular weight excluding hydrogens is 302 g/mol. The minimum Gasteiger partial charge on any atom is -0.354 e. The number of anilines is 2. The normalized spacial score (nSPS) is 18.0. The van der Waals surface area contributed by atoms with Gasteiger partial charge in [-0.05, 0) is 37.1 Å². The molecule has 3 heterocycles. The molecule has 0 aliphatic carbocycles. The van der Waals surface area contributed by atoms with Gasteiger partial charge in [0, 0.05) is 19.3 Å². The number of aromatic nitrogens is 3. The standard InChI is InChI=1S/C15H16ClN5O/c16-12-6-7-14(20-19-12)21-9-3-4-11(10-21)15(22)18-13-5-1-2-8-17-13/h1-2,5-8,11H,3-4,9-10H2,(H,17,18,22). The van der Waals surface area contributed by atoms with Crippen molar-refractivity contribution in [2.75, 3.05) is 23.3 Å². The molecule has 1 amide bonds. The molecule has 3 rings (SSSR count). The van der Waals surface area contributed by atoms with E-state index in [4.69, 9.17) is 11.6 Å². The molecular formula is C15H16ClN5O. The Labute approximate surface area is 133 Å². The lowest BCUT2D eigenvalue weighted by Gasteiger charge is -2.32. The van der Waals surface area contributed by atoms with Crippen molar-refractivity contribution in [3.8, 4) is 0 Å². The average molecular weight is 318 g/mol. The second kappa shape index (κ2) is 6.70. The summed E-state index contributed by atoms with van der Waals surface area (Å²) in [6, 6.07) is 8.98. The zero-order chi connectivity index (χ0) is 15.4. The second-order valence-corrected chi connectivity index (χ2v) is 5.59. The van der Waals surface area contributed by atoms with Crippen molar-refractivity contribution in [1.82, 2.24) is 15.2 Å². The topological polar surface area (TPSA) is 71.0 Å². The summed E-state index contributed by atoms with van der Waals surface area (Å²) in [4.78, 5) is 18.5. The number of rotatable bonds is 3. The number of nitrogens with zero attached hydrogens (tertiary/aromatic N) is 4. The summed E-state index contributed by atoms with van der Waals surface area (Å²) in [5.41, 5.74) is 0. The number of pyridine rings is 1. The highest BCUT2D eigenvalue weighted by Gasteiger charge is 2.26. The third-order valence-electron chi connectivity index (χ3n) is 3.65. The van der Waals surface area contributed by atoms with Crippen LogP contribution in [0.2, 0.25) is 5.15 Å². The van der Waals surface area contributed by atoms with Gasteiger partial charge in [0.15, 0.2) is 11.0 Å². The van der Waals surface area contributed by atoms with E-state index in [1.54, 1.807) is 18.3 Å². The van der Waals surface area contributed by atoms with Crippen LogP contribution in [0, 0.1) is 5.92 Å². The Morgan fingerprint density at radius 1 is 1.27 bits per heavy atom. The highest BCUT2D eigenvalue weighted by Crippen LogP contribution is 2.22. The van der Waals surface area contributed by atoms with E-state index in [-0.39, 0.29) is 11.8 Å². The van der Waals surface area contributed by atoms with Gasteiger partial charge >= 0.3 is 0 Å². The lowest BCUT2D eigenvalue weighted by molar-refractivity contribution is -0.120. The van der Waals surface area contributed by atoms with E-state index in [1.165, 1.54) is 0 Å². The molecule has 0 aromatic carbocycles. The molecule has 0 radical (unpaired) electrons. The molecule has 22 heavy (non-hydrogen) atoms. The van der Waals surface area contributed by atoms with Crippen LogP contribution in [0.4, 0.5) is 11.6 Å². The molecule has 1 fully saturated rings. The Morgan fingerprint density at radius 2 is 2.18 bits per heavy atom. The molecule has 1 aliphatic rings. The minimum atomic E-state index is -0.0896. The molecule has 6 nitrogen and oxygen atoms in total. The first-order chi connectivity index (χ1) is 10.7. The number of carbonyl (C=O) groups excluding carboxylic acids is 1. The molecule has 1 saturated heterocycles. The summed E-state index contributed by atoms with van der Waals surface area (Å²) in [7, 11) is 0. The van der Waals surface area contributed by atoms with Crippen LogP contribution in [0.5, 0.6) is 0 Å². The third-order valence-corrected chi connectivity index (χ3v) is 3.85. The van der Waals surface area contributed by atoms with Crippen molar-refractivity contribution in [2.45, 2.75) is 12.8 Å². The molecule has 0 saturated carbocycles. The van der Waals surface area contributed by atoms with Gasteiger partial charge in [-0.15, -0.1) is 10.2 Å². The maximum Gasteiger partial charge on any atom is 0.230 e. The highest BCUT2D eigenvalue weighted by molar-refractivity contribution is 6.29. The lowest BCUT2D eigenvalue weighted by Crippen LogP contribution is -2.41. The first-order valence-electron chi connectivity index (χ1n) is 7.18. The molecule has 0 bridgehead atoms. The summed E-state index contributed by atoms with van der Waals surface area (Å²) in [6.45, 7) is 1.48. The first-order valence-corrected chi connectivity index (χ1v) is 7.56. The minimum absolute atomic E-state index is 0.00896. The Hall–Kier alpha value is -2.21. The number of halogens is 1. The van der Waals surface area contributed by atoms with Crippen molar-refractivity contribution >= 4 is 29.1 Å². The Balaban J connectivity index is 1.65. The van der Waals surface area contributed by atoms with Crippen molar-refractivity contribution in [1.29, 1.82) is 0 Å². The van der Waals surface area contributed by atoms with Crippen LogP contribution in [-0.2, 0) is 4.79 Å². The van der Waals surface area contributed by atoms with Crippen LogP contribution in [0.15, 0.2) is 36.5 Å². The van der Waals surface area contributed by atoms with E-state index in [0.29, 0.717) is 17.5 Å². The van der Waals surface area contributed by atoms with Crippen LogP contribution in [0.3, 0.4) is 0 Å². The number of piperidine rings is 1. The summed E-state index contributed by atoms with van der Waals surface area (Å²) < 4.78 is 0. The lowest BCUT2D eigenvalue weighted by atomic mass is 9.97. The Bertz CT molecular complexity index is 634. The zero-order valence-electron chi connectivity index (χ0n) is 11.9. The van der Waals surface area contributed by atoms with Gasteiger partial charge in [-0.25, -0.2) is 4.98 Å². The van der Waals surface area contributed by atoms with Gasteiger partial charge in [-0.3, -0.25) is 4.79 Å². The maximum atomic E-state index is 12.4. The molecule has 2 aromatic heterocycles.